The summed E-state index contributed by atoms with van der Waals surface area (Å²) in [7, 11) is 0. The van der Waals surface area contributed by atoms with E-state index in [1.54, 1.807) is 6.07 Å². The molecule has 19 heavy (non-hydrogen) atoms. The van der Waals surface area contributed by atoms with Gasteiger partial charge >= 0.3 is 0 Å². The van der Waals surface area contributed by atoms with Crippen molar-refractivity contribution in [2.45, 2.75) is 19.4 Å². The van der Waals surface area contributed by atoms with Crippen LogP contribution in [0, 0.1) is 0 Å². The molecule has 1 atom stereocenters. The first-order valence-corrected chi connectivity index (χ1v) is 7.28. The number of rotatable bonds is 4. The molecule has 0 radical (unpaired) electrons. The van der Waals surface area contributed by atoms with Gasteiger partial charge in [-0.3, -0.25) is 0 Å². The number of anilines is 1. The van der Waals surface area contributed by atoms with Gasteiger partial charge in [0, 0.05) is 10.0 Å². The number of aromatic hydroxyl groups is 1. The van der Waals surface area contributed by atoms with E-state index in [0.717, 1.165) is 22.1 Å². The first-order chi connectivity index (χ1) is 9.11. The second-order valence-corrected chi connectivity index (χ2v) is 5.61. The van der Waals surface area contributed by atoms with Crippen molar-refractivity contribution in [3.63, 3.8) is 0 Å². The first-order valence-electron chi connectivity index (χ1n) is 6.11. The monoisotopic (exact) mass is 339 g/mol. The van der Waals surface area contributed by atoms with Crippen LogP contribution < -0.4 is 5.32 Å². The molecule has 0 fully saturated rings. The van der Waals surface area contributed by atoms with Gasteiger partial charge in [-0.1, -0.05) is 52.7 Å². The highest BCUT2D eigenvalue weighted by Crippen LogP contribution is 2.33. The number of para-hydroxylation sites is 1. The van der Waals surface area contributed by atoms with E-state index < -0.39 is 0 Å². The van der Waals surface area contributed by atoms with Gasteiger partial charge in [0.25, 0.3) is 0 Å². The van der Waals surface area contributed by atoms with Crippen LogP contribution in [0.3, 0.4) is 0 Å². The maximum atomic E-state index is 9.92. The zero-order chi connectivity index (χ0) is 13.8. The van der Waals surface area contributed by atoms with Crippen molar-refractivity contribution in [3.05, 3.63) is 57.5 Å². The molecule has 100 valence electrons. The predicted octanol–water partition coefficient (Wildman–Crippen LogP) is 5.37. The van der Waals surface area contributed by atoms with Crippen LogP contribution in [0.1, 0.15) is 24.9 Å². The lowest BCUT2D eigenvalue weighted by atomic mass is 10.0. The van der Waals surface area contributed by atoms with Gasteiger partial charge in [0.05, 0.1) is 16.8 Å². The fourth-order valence-electron chi connectivity index (χ4n) is 1.98. The van der Waals surface area contributed by atoms with E-state index in [1.165, 1.54) is 0 Å². The summed E-state index contributed by atoms with van der Waals surface area (Å²) in [5.74, 6) is 0.301. The summed E-state index contributed by atoms with van der Waals surface area (Å²) in [6.45, 7) is 2.07. The molecule has 2 N–H and O–H groups in total. The number of benzene rings is 2. The largest absolute Gasteiger partial charge is 0.508 e. The fourth-order valence-corrected chi connectivity index (χ4v) is 2.70. The average molecular weight is 341 g/mol. The number of halogens is 2. The highest BCUT2D eigenvalue weighted by Gasteiger charge is 2.14. The molecule has 0 aliphatic carbocycles. The lowest BCUT2D eigenvalue weighted by Gasteiger charge is -2.20. The van der Waals surface area contributed by atoms with Crippen LogP contribution in [0.15, 0.2) is 46.9 Å². The zero-order valence-electron chi connectivity index (χ0n) is 10.5. The molecule has 2 aromatic rings. The van der Waals surface area contributed by atoms with Crippen molar-refractivity contribution < 1.29 is 5.11 Å². The average Bonchev–Trinajstić information content (AvgIpc) is 2.39. The normalized spacial score (nSPS) is 12.2. The van der Waals surface area contributed by atoms with Crippen LogP contribution in [-0.4, -0.2) is 5.11 Å². The van der Waals surface area contributed by atoms with Gasteiger partial charge in [-0.2, -0.15) is 0 Å². The molecule has 0 spiro atoms. The Labute approximate surface area is 126 Å². The molecule has 1 unspecified atom stereocenters. The van der Waals surface area contributed by atoms with Crippen molar-refractivity contribution in [3.8, 4) is 5.75 Å². The Bertz CT molecular complexity index is 574. The molecule has 0 amide bonds. The second-order valence-electron chi connectivity index (χ2n) is 4.29. The number of nitrogens with one attached hydrogen (secondary N) is 1. The predicted molar refractivity (Wildman–Crippen MR) is 83.9 cm³/mol. The van der Waals surface area contributed by atoms with Gasteiger partial charge in [0.15, 0.2) is 0 Å². The third-order valence-corrected chi connectivity index (χ3v) is 3.79. The number of phenols is 1. The summed E-state index contributed by atoms with van der Waals surface area (Å²) in [5, 5.41) is 13.9. The molecule has 0 heterocycles. The third-order valence-electron chi connectivity index (χ3n) is 2.98. The van der Waals surface area contributed by atoms with Crippen LogP contribution >= 0.6 is 27.5 Å². The van der Waals surface area contributed by atoms with E-state index in [9.17, 15) is 5.11 Å². The van der Waals surface area contributed by atoms with Crippen molar-refractivity contribution >= 4 is 33.2 Å². The molecule has 0 aliphatic heterocycles. The maximum absolute atomic E-state index is 9.92. The van der Waals surface area contributed by atoms with Gasteiger partial charge < -0.3 is 10.4 Å². The van der Waals surface area contributed by atoms with Crippen LogP contribution in [0.4, 0.5) is 5.69 Å². The molecular weight excluding hydrogens is 326 g/mol. The van der Waals surface area contributed by atoms with E-state index in [1.807, 2.05) is 36.4 Å². The van der Waals surface area contributed by atoms with Gasteiger partial charge in [0.1, 0.15) is 5.75 Å². The van der Waals surface area contributed by atoms with Crippen LogP contribution in [0.25, 0.3) is 0 Å². The van der Waals surface area contributed by atoms with Crippen molar-refractivity contribution in [1.29, 1.82) is 0 Å². The van der Waals surface area contributed by atoms with E-state index >= 15 is 0 Å². The quantitative estimate of drug-likeness (QED) is 0.784. The minimum Gasteiger partial charge on any atom is -0.508 e. The highest BCUT2D eigenvalue weighted by molar-refractivity contribution is 9.10. The summed E-state index contributed by atoms with van der Waals surface area (Å²) in [4.78, 5) is 0. The standard InChI is InChI=1S/C15H15BrClNO/c1-2-13(11-5-3-4-6-15(11)19)18-14-8-7-10(16)9-12(14)17/h3-9,13,18-19H,2H2,1H3. The Morgan fingerprint density at radius 3 is 2.63 bits per heavy atom. The van der Waals surface area contributed by atoms with E-state index in [0.29, 0.717) is 10.8 Å². The Balaban J connectivity index is 2.27. The van der Waals surface area contributed by atoms with Crippen molar-refractivity contribution in [2.75, 3.05) is 5.32 Å². The van der Waals surface area contributed by atoms with Crippen LogP contribution in [0.2, 0.25) is 5.02 Å². The molecule has 0 saturated carbocycles. The number of hydrogen-bond acceptors (Lipinski definition) is 2. The van der Waals surface area contributed by atoms with Gasteiger partial charge in [-0.15, -0.1) is 0 Å². The molecule has 0 aromatic heterocycles. The fraction of sp³-hybridized carbons (Fsp3) is 0.200. The topological polar surface area (TPSA) is 32.3 Å². The Hall–Kier alpha value is -1.19. The lowest BCUT2D eigenvalue weighted by Crippen LogP contribution is -2.10. The zero-order valence-corrected chi connectivity index (χ0v) is 12.9. The Morgan fingerprint density at radius 1 is 1.26 bits per heavy atom. The van der Waals surface area contributed by atoms with E-state index in [-0.39, 0.29) is 6.04 Å². The van der Waals surface area contributed by atoms with E-state index in [2.05, 4.69) is 28.2 Å². The summed E-state index contributed by atoms with van der Waals surface area (Å²) < 4.78 is 0.943. The summed E-state index contributed by atoms with van der Waals surface area (Å²) in [6.07, 6.45) is 0.851. The third kappa shape index (κ3) is 3.43. The molecular formula is C15H15BrClNO. The Kier molecular flexibility index (Phi) is 4.72. The molecule has 0 bridgehead atoms. The highest BCUT2D eigenvalue weighted by atomic mass is 79.9. The van der Waals surface area contributed by atoms with Crippen LogP contribution in [-0.2, 0) is 0 Å². The molecule has 0 saturated heterocycles. The second kappa shape index (κ2) is 6.31. The van der Waals surface area contributed by atoms with Crippen molar-refractivity contribution in [1.82, 2.24) is 0 Å². The van der Waals surface area contributed by atoms with Gasteiger partial charge in [-0.25, -0.2) is 0 Å². The van der Waals surface area contributed by atoms with Crippen molar-refractivity contribution in [2.24, 2.45) is 0 Å². The van der Waals surface area contributed by atoms with Gasteiger partial charge in [-0.05, 0) is 30.7 Å². The lowest BCUT2D eigenvalue weighted by molar-refractivity contribution is 0.463. The molecule has 0 aliphatic rings. The smallest absolute Gasteiger partial charge is 0.120 e. The van der Waals surface area contributed by atoms with Gasteiger partial charge in [0.2, 0.25) is 0 Å². The molecule has 2 aromatic carbocycles. The summed E-state index contributed by atoms with van der Waals surface area (Å²) in [5.41, 5.74) is 1.74. The van der Waals surface area contributed by atoms with E-state index in [4.69, 9.17) is 11.6 Å². The first kappa shape index (κ1) is 14.2. The summed E-state index contributed by atoms with van der Waals surface area (Å²) >= 11 is 9.59. The Morgan fingerprint density at radius 2 is 2.00 bits per heavy atom. The maximum Gasteiger partial charge on any atom is 0.120 e. The summed E-state index contributed by atoms with van der Waals surface area (Å²) in [6, 6.07) is 13.1. The number of hydrogen-bond donors (Lipinski definition) is 2. The number of phenolic OH excluding ortho intramolecular Hbond substituents is 1. The van der Waals surface area contributed by atoms with Crippen LogP contribution in [0.5, 0.6) is 5.75 Å². The molecule has 2 rings (SSSR count). The minimum absolute atomic E-state index is 0.0277. The molecule has 2 nitrogen and oxygen atoms in total. The SMILES string of the molecule is CCC(Nc1ccc(Br)cc1Cl)c1ccccc1O. The molecule has 4 heteroatoms. The minimum atomic E-state index is 0.0277.